The molecule has 0 saturated carbocycles. The highest BCUT2D eigenvalue weighted by molar-refractivity contribution is 6.30. The molecule has 1 heterocycles. The Morgan fingerprint density at radius 1 is 1.28 bits per heavy atom. The van der Waals surface area contributed by atoms with Crippen LogP contribution in [0.3, 0.4) is 0 Å². The van der Waals surface area contributed by atoms with Crippen molar-refractivity contribution in [2.45, 2.75) is 43.1 Å². The highest BCUT2D eigenvalue weighted by Gasteiger charge is 2.36. The number of hydrogen-bond acceptors (Lipinski definition) is 8. The molecule has 12 heteroatoms. The molecule has 10 nitrogen and oxygen atoms in total. The molecule has 2 aliphatic rings. The molecule has 0 bridgehead atoms. The standard InChI is InChI=1S/C24H30Cl2N2O8/c1-24(2,23(31)32)36-21-9-20(18(8-19(21)26)22(30)27-3)33-12-15(29)10-28-11-17(13-34-28)35-16-6-4-14(25)5-7-16/h4-9,15,17,19,21,29H,10-13H2,1-3H3,(H,27,30)(H,31,32)/t15-,17+,19?,21?/m0/s1. The third-order valence-electron chi connectivity index (χ3n) is 5.45. The fourth-order valence-corrected chi connectivity index (χ4v) is 3.88. The Labute approximate surface area is 219 Å². The van der Waals surface area contributed by atoms with Crippen molar-refractivity contribution < 1.29 is 38.9 Å². The van der Waals surface area contributed by atoms with Gasteiger partial charge in [0.1, 0.15) is 43.0 Å². The van der Waals surface area contributed by atoms with Crippen LogP contribution in [-0.4, -0.2) is 89.8 Å². The molecule has 36 heavy (non-hydrogen) atoms. The topological polar surface area (TPSA) is 127 Å². The van der Waals surface area contributed by atoms with Crippen LogP contribution in [-0.2, 0) is 23.9 Å². The first kappa shape index (κ1) is 28.2. The average molecular weight is 545 g/mol. The first-order valence-corrected chi connectivity index (χ1v) is 12.1. The van der Waals surface area contributed by atoms with Crippen LogP contribution in [0.1, 0.15) is 13.8 Å². The molecule has 1 fully saturated rings. The first-order valence-electron chi connectivity index (χ1n) is 11.3. The second kappa shape index (κ2) is 12.3. The van der Waals surface area contributed by atoms with Crippen LogP contribution >= 0.6 is 23.2 Å². The van der Waals surface area contributed by atoms with E-state index < -0.39 is 35.1 Å². The molecular weight excluding hydrogens is 515 g/mol. The minimum absolute atomic E-state index is 0.128. The molecule has 3 N–H and O–H groups in total. The number of nitrogens with zero attached hydrogens (tertiary/aromatic N) is 1. The summed E-state index contributed by atoms with van der Waals surface area (Å²) in [5, 5.41) is 23.8. The molecule has 1 saturated heterocycles. The summed E-state index contributed by atoms with van der Waals surface area (Å²) in [6.45, 7) is 3.52. The zero-order valence-electron chi connectivity index (χ0n) is 20.1. The number of hydroxylamine groups is 2. The first-order chi connectivity index (χ1) is 17.0. The number of β-amino-alcohol motifs (C(OH)–C–C–N with tert-alkyl or cyclic N) is 1. The van der Waals surface area contributed by atoms with Gasteiger partial charge in [0.15, 0.2) is 5.60 Å². The summed E-state index contributed by atoms with van der Waals surface area (Å²) >= 11 is 12.2. The summed E-state index contributed by atoms with van der Waals surface area (Å²) in [4.78, 5) is 29.4. The van der Waals surface area contributed by atoms with Crippen molar-refractivity contribution in [2.75, 3.05) is 33.4 Å². The number of carbonyl (C=O) groups is 2. The maximum atomic E-state index is 12.3. The van der Waals surface area contributed by atoms with Crippen molar-refractivity contribution in [3.05, 3.63) is 52.8 Å². The molecule has 1 amide bonds. The van der Waals surface area contributed by atoms with E-state index in [0.717, 1.165) is 0 Å². The molecule has 2 unspecified atom stereocenters. The highest BCUT2D eigenvalue weighted by Crippen LogP contribution is 2.29. The predicted molar refractivity (Wildman–Crippen MR) is 132 cm³/mol. The number of rotatable bonds is 11. The van der Waals surface area contributed by atoms with Crippen LogP contribution in [0.4, 0.5) is 0 Å². The van der Waals surface area contributed by atoms with Gasteiger partial charge in [0, 0.05) is 12.1 Å². The third kappa shape index (κ3) is 7.58. The molecule has 3 rings (SSSR count). The number of aliphatic carboxylic acids is 1. The van der Waals surface area contributed by atoms with Gasteiger partial charge in [0.05, 0.1) is 24.0 Å². The summed E-state index contributed by atoms with van der Waals surface area (Å²) in [6.07, 6.45) is 0.828. The molecule has 1 aromatic rings. The van der Waals surface area contributed by atoms with Crippen molar-refractivity contribution in [1.29, 1.82) is 0 Å². The van der Waals surface area contributed by atoms with Gasteiger partial charge in [0.2, 0.25) is 0 Å². The highest BCUT2D eigenvalue weighted by atomic mass is 35.5. The zero-order valence-corrected chi connectivity index (χ0v) is 21.7. The van der Waals surface area contributed by atoms with E-state index in [1.165, 1.54) is 33.0 Å². The molecule has 0 aromatic heterocycles. The molecule has 1 aromatic carbocycles. The van der Waals surface area contributed by atoms with E-state index in [-0.39, 0.29) is 30.6 Å². The van der Waals surface area contributed by atoms with Gasteiger partial charge in [-0.05, 0) is 50.3 Å². The lowest BCUT2D eigenvalue weighted by molar-refractivity contribution is -0.165. The second-order valence-corrected chi connectivity index (χ2v) is 9.77. The van der Waals surface area contributed by atoms with Crippen LogP contribution in [0.2, 0.25) is 5.02 Å². The summed E-state index contributed by atoms with van der Waals surface area (Å²) in [6, 6.07) is 7.00. The van der Waals surface area contributed by atoms with Crippen LogP contribution < -0.4 is 10.1 Å². The lowest BCUT2D eigenvalue weighted by atomic mass is 10.0. The van der Waals surface area contributed by atoms with Crippen molar-refractivity contribution in [3.63, 3.8) is 0 Å². The van der Waals surface area contributed by atoms with Gasteiger partial charge in [0.25, 0.3) is 5.91 Å². The van der Waals surface area contributed by atoms with E-state index in [4.69, 9.17) is 42.3 Å². The molecule has 0 radical (unpaired) electrons. The molecular formula is C24H30Cl2N2O8. The summed E-state index contributed by atoms with van der Waals surface area (Å²) in [7, 11) is 1.46. The number of carbonyl (C=O) groups excluding carboxylic acids is 1. The zero-order chi connectivity index (χ0) is 26.5. The van der Waals surface area contributed by atoms with Crippen molar-refractivity contribution in [2.24, 2.45) is 0 Å². The monoisotopic (exact) mass is 544 g/mol. The quantitative estimate of drug-likeness (QED) is 0.359. The lowest BCUT2D eigenvalue weighted by Crippen LogP contribution is -2.42. The number of aliphatic hydroxyl groups excluding tert-OH is 1. The van der Waals surface area contributed by atoms with E-state index in [0.29, 0.717) is 23.9 Å². The molecule has 1 aliphatic carbocycles. The smallest absolute Gasteiger partial charge is 0.335 e. The van der Waals surface area contributed by atoms with Crippen LogP contribution in [0.15, 0.2) is 47.7 Å². The fraction of sp³-hybridized carbons (Fsp3) is 0.500. The average Bonchev–Trinajstić information content (AvgIpc) is 3.26. The summed E-state index contributed by atoms with van der Waals surface area (Å²) < 4.78 is 17.3. The van der Waals surface area contributed by atoms with Gasteiger partial charge in [-0.3, -0.25) is 9.63 Å². The van der Waals surface area contributed by atoms with E-state index in [9.17, 15) is 19.8 Å². The van der Waals surface area contributed by atoms with Crippen molar-refractivity contribution in [3.8, 4) is 5.75 Å². The minimum atomic E-state index is -1.52. The Morgan fingerprint density at radius 2 is 1.97 bits per heavy atom. The van der Waals surface area contributed by atoms with Gasteiger partial charge in [-0.15, -0.1) is 11.6 Å². The van der Waals surface area contributed by atoms with Gasteiger partial charge in [-0.25, -0.2) is 4.79 Å². The number of nitrogens with one attached hydrogen (secondary N) is 1. The maximum absolute atomic E-state index is 12.3. The fourth-order valence-electron chi connectivity index (χ4n) is 3.50. The van der Waals surface area contributed by atoms with Gasteiger partial charge in [-0.2, -0.15) is 5.06 Å². The van der Waals surface area contributed by atoms with Crippen molar-refractivity contribution in [1.82, 2.24) is 10.4 Å². The number of likely N-dealkylation sites (N-methyl/N-ethyl adjacent to an activating group) is 1. The lowest BCUT2D eigenvalue weighted by Gasteiger charge is -2.31. The van der Waals surface area contributed by atoms with Crippen LogP contribution in [0, 0.1) is 0 Å². The Balaban J connectivity index is 1.57. The largest absolute Gasteiger partial charge is 0.490 e. The summed E-state index contributed by atoms with van der Waals surface area (Å²) in [5.74, 6) is -0.815. The molecule has 4 atom stereocenters. The molecule has 198 valence electrons. The number of ether oxygens (including phenoxy) is 3. The Kier molecular flexibility index (Phi) is 9.62. The molecule has 0 spiro atoms. The Morgan fingerprint density at radius 3 is 2.61 bits per heavy atom. The Hall–Kier alpha value is -2.34. The third-order valence-corrected chi connectivity index (χ3v) is 6.08. The number of halogens is 2. The minimum Gasteiger partial charge on any atom is -0.490 e. The van der Waals surface area contributed by atoms with Gasteiger partial charge < -0.3 is 29.7 Å². The maximum Gasteiger partial charge on any atom is 0.335 e. The number of carboxylic acid groups (broad SMARTS) is 1. The normalized spacial score (nSPS) is 23.4. The van der Waals surface area contributed by atoms with E-state index in [1.807, 2.05) is 0 Å². The van der Waals surface area contributed by atoms with Crippen LogP contribution in [0.25, 0.3) is 0 Å². The number of amides is 1. The molecule has 1 aliphatic heterocycles. The predicted octanol–water partition coefficient (Wildman–Crippen LogP) is 2.14. The SMILES string of the molecule is CNC(=O)C1=CC(Cl)C(OC(C)(C)C(=O)O)C=C1OC[C@@H](O)CN1C[C@@H](Oc2ccc(Cl)cc2)CO1. The number of carboxylic acids is 1. The van der Waals surface area contributed by atoms with E-state index in [1.54, 1.807) is 29.3 Å². The van der Waals surface area contributed by atoms with E-state index in [2.05, 4.69) is 5.32 Å². The van der Waals surface area contributed by atoms with Crippen LogP contribution in [0.5, 0.6) is 5.75 Å². The van der Waals surface area contributed by atoms with Gasteiger partial charge in [-0.1, -0.05) is 11.6 Å². The van der Waals surface area contributed by atoms with Gasteiger partial charge >= 0.3 is 5.97 Å². The second-order valence-electron chi connectivity index (χ2n) is 8.83. The van der Waals surface area contributed by atoms with E-state index >= 15 is 0 Å². The number of alkyl halides is 1. The number of benzene rings is 1. The Bertz CT molecular complexity index is 998. The number of hydrogen-bond donors (Lipinski definition) is 3. The number of aliphatic hydroxyl groups is 1. The summed E-state index contributed by atoms with van der Waals surface area (Å²) in [5.41, 5.74) is -1.36. The van der Waals surface area contributed by atoms with Crippen molar-refractivity contribution >= 4 is 35.1 Å².